The molecular formula is C11H22N6S. The molecule has 0 amide bonds. The van der Waals surface area contributed by atoms with Gasteiger partial charge < -0.3 is 10.3 Å². The van der Waals surface area contributed by atoms with Gasteiger partial charge in [-0.05, 0) is 39.5 Å². The molecule has 0 saturated carbocycles. The SMILES string of the molecule is CCN1CCC(N(C)Cc2nnsc2NN)CC1. The van der Waals surface area contributed by atoms with Crippen molar-refractivity contribution in [2.24, 2.45) is 5.84 Å². The van der Waals surface area contributed by atoms with Crippen LogP contribution in [0.4, 0.5) is 5.00 Å². The molecule has 1 aliphatic rings. The number of nitrogens with zero attached hydrogens (tertiary/aromatic N) is 4. The van der Waals surface area contributed by atoms with E-state index < -0.39 is 0 Å². The summed E-state index contributed by atoms with van der Waals surface area (Å²) in [5.41, 5.74) is 3.61. The Balaban J connectivity index is 1.87. The number of nitrogen functional groups attached to an aromatic ring is 1. The van der Waals surface area contributed by atoms with Crippen LogP contribution in [-0.4, -0.2) is 52.1 Å². The second-order valence-electron chi connectivity index (χ2n) is 4.77. The van der Waals surface area contributed by atoms with Gasteiger partial charge in [-0.1, -0.05) is 11.4 Å². The Bertz CT molecular complexity index is 360. The smallest absolute Gasteiger partial charge is 0.148 e. The second kappa shape index (κ2) is 6.42. The van der Waals surface area contributed by atoms with Crippen LogP contribution in [-0.2, 0) is 6.54 Å². The van der Waals surface area contributed by atoms with E-state index in [-0.39, 0.29) is 0 Å². The lowest BCUT2D eigenvalue weighted by molar-refractivity contribution is 0.126. The topological polar surface area (TPSA) is 70.3 Å². The average Bonchev–Trinajstić information content (AvgIpc) is 2.86. The number of nitrogens with two attached hydrogens (primary N) is 1. The normalized spacial score (nSPS) is 18.4. The van der Waals surface area contributed by atoms with Crippen LogP contribution >= 0.6 is 11.5 Å². The molecule has 6 nitrogen and oxygen atoms in total. The van der Waals surface area contributed by atoms with Gasteiger partial charge in [0, 0.05) is 24.1 Å². The number of hydrogen-bond acceptors (Lipinski definition) is 7. The van der Waals surface area contributed by atoms with Crippen LogP contribution in [0, 0.1) is 0 Å². The highest BCUT2D eigenvalue weighted by atomic mass is 32.1. The van der Waals surface area contributed by atoms with Gasteiger partial charge in [-0.15, -0.1) is 5.10 Å². The van der Waals surface area contributed by atoms with Gasteiger partial charge in [0.15, 0.2) is 0 Å². The summed E-state index contributed by atoms with van der Waals surface area (Å²) in [4.78, 5) is 4.87. The van der Waals surface area contributed by atoms with Gasteiger partial charge in [0.25, 0.3) is 0 Å². The molecular weight excluding hydrogens is 248 g/mol. The third kappa shape index (κ3) is 3.17. The number of hydrogen-bond donors (Lipinski definition) is 2. The third-order valence-corrected chi connectivity index (χ3v) is 4.41. The van der Waals surface area contributed by atoms with E-state index in [2.05, 4.69) is 38.8 Å². The number of hydrazine groups is 1. The van der Waals surface area contributed by atoms with Crippen LogP contribution in [0.5, 0.6) is 0 Å². The highest BCUT2D eigenvalue weighted by molar-refractivity contribution is 7.10. The van der Waals surface area contributed by atoms with Crippen molar-refractivity contribution in [2.45, 2.75) is 32.4 Å². The summed E-state index contributed by atoms with van der Waals surface area (Å²) in [6, 6.07) is 0.639. The lowest BCUT2D eigenvalue weighted by Crippen LogP contribution is -2.43. The average molecular weight is 270 g/mol. The van der Waals surface area contributed by atoms with Gasteiger partial charge in [0.2, 0.25) is 0 Å². The van der Waals surface area contributed by atoms with Gasteiger partial charge in [0.1, 0.15) is 10.7 Å². The van der Waals surface area contributed by atoms with Gasteiger partial charge >= 0.3 is 0 Å². The summed E-state index contributed by atoms with van der Waals surface area (Å²) in [5, 5.41) is 5.00. The second-order valence-corrected chi connectivity index (χ2v) is 5.53. The number of likely N-dealkylation sites (tertiary alicyclic amines) is 1. The highest BCUT2D eigenvalue weighted by Crippen LogP contribution is 2.21. The molecule has 1 aromatic rings. The fourth-order valence-electron chi connectivity index (χ4n) is 2.46. The van der Waals surface area contributed by atoms with E-state index in [4.69, 9.17) is 5.84 Å². The Kier molecular flexibility index (Phi) is 4.87. The summed E-state index contributed by atoms with van der Waals surface area (Å²) < 4.78 is 3.93. The zero-order valence-electron chi connectivity index (χ0n) is 11.1. The summed E-state index contributed by atoms with van der Waals surface area (Å²) in [6.45, 7) is 6.59. The molecule has 18 heavy (non-hydrogen) atoms. The summed E-state index contributed by atoms with van der Waals surface area (Å²) in [5.74, 6) is 5.44. The standard InChI is InChI=1S/C11H22N6S/c1-3-17-6-4-9(5-7-17)16(2)8-10-11(13-12)18-15-14-10/h9,13H,3-8,12H2,1-2H3. The van der Waals surface area contributed by atoms with E-state index in [0.29, 0.717) is 6.04 Å². The van der Waals surface area contributed by atoms with E-state index >= 15 is 0 Å². The number of nitrogens with one attached hydrogen (secondary N) is 1. The van der Waals surface area contributed by atoms with Gasteiger partial charge in [0.05, 0.1) is 0 Å². The first kappa shape index (κ1) is 13.7. The zero-order valence-corrected chi connectivity index (χ0v) is 11.9. The molecule has 0 atom stereocenters. The molecule has 0 aliphatic carbocycles. The first-order valence-electron chi connectivity index (χ1n) is 6.45. The minimum Gasteiger partial charge on any atom is -0.313 e. The maximum atomic E-state index is 5.44. The first-order valence-corrected chi connectivity index (χ1v) is 7.22. The lowest BCUT2D eigenvalue weighted by Gasteiger charge is -2.36. The lowest BCUT2D eigenvalue weighted by atomic mass is 10.0. The Labute approximate surface area is 112 Å². The number of aromatic nitrogens is 2. The van der Waals surface area contributed by atoms with Crippen molar-refractivity contribution >= 4 is 16.5 Å². The van der Waals surface area contributed by atoms with Crippen molar-refractivity contribution in [3.8, 4) is 0 Å². The minimum absolute atomic E-state index is 0.639. The molecule has 0 spiro atoms. The van der Waals surface area contributed by atoms with E-state index in [9.17, 15) is 0 Å². The Morgan fingerprint density at radius 2 is 2.22 bits per heavy atom. The first-order chi connectivity index (χ1) is 8.74. The van der Waals surface area contributed by atoms with Crippen LogP contribution < -0.4 is 11.3 Å². The molecule has 0 unspecified atom stereocenters. The van der Waals surface area contributed by atoms with Crippen LogP contribution in [0.25, 0.3) is 0 Å². The van der Waals surface area contributed by atoms with Crippen LogP contribution in [0.1, 0.15) is 25.5 Å². The van der Waals surface area contributed by atoms with Gasteiger partial charge in [-0.25, -0.2) is 5.84 Å². The third-order valence-electron chi connectivity index (χ3n) is 3.71. The van der Waals surface area contributed by atoms with Gasteiger partial charge in [-0.3, -0.25) is 4.90 Å². The van der Waals surface area contributed by atoms with E-state index in [1.807, 2.05) is 0 Å². The van der Waals surface area contributed by atoms with Crippen molar-refractivity contribution in [1.82, 2.24) is 19.4 Å². The molecule has 1 aliphatic heterocycles. The molecule has 0 aromatic carbocycles. The van der Waals surface area contributed by atoms with Crippen LogP contribution in [0.3, 0.4) is 0 Å². The molecule has 3 N–H and O–H groups in total. The molecule has 7 heteroatoms. The van der Waals surface area contributed by atoms with Crippen LogP contribution in [0.2, 0.25) is 0 Å². The maximum Gasteiger partial charge on any atom is 0.148 e. The molecule has 0 bridgehead atoms. The Morgan fingerprint density at radius 3 is 2.83 bits per heavy atom. The zero-order chi connectivity index (χ0) is 13.0. The monoisotopic (exact) mass is 270 g/mol. The van der Waals surface area contributed by atoms with Crippen molar-refractivity contribution in [1.29, 1.82) is 0 Å². The van der Waals surface area contributed by atoms with E-state index in [0.717, 1.165) is 23.8 Å². The van der Waals surface area contributed by atoms with Crippen molar-refractivity contribution in [2.75, 3.05) is 32.1 Å². The highest BCUT2D eigenvalue weighted by Gasteiger charge is 2.22. The Hall–Kier alpha value is -0.760. The van der Waals surface area contributed by atoms with E-state index in [1.54, 1.807) is 0 Å². The van der Waals surface area contributed by atoms with Crippen LogP contribution in [0.15, 0.2) is 0 Å². The largest absolute Gasteiger partial charge is 0.313 e. The molecule has 102 valence electrons. The minimum atomic E-state index is 0.639. The fraction of sp³-hybridized carbons (Fsp3) is 0.818. The summed E-state index contributed by atoms with van der Waals surface area (Å²) in [6.07, 6.45) is 2.46. The molecule has 1 fully saturated rings. The fourth-order valence-corrected chi connectivity index (χ4v) is 2.95. The predicted octanol–water partition coefficient (Wildman–Crippen LogP) is 0.740. The number of anilines is 1. The molecule has 2 rings (SSSR count). The summed E-state index contributed by atoms with van der Waals surface area (Å²) in [7, 11) is 2.16. The number of piperidine rings is 1. The quantitative estimate of drug-likeness (QED) is 0.607. The van der Waals surface area contributed by atoms with Gasteiger partial charge in [-0.2, -0.15) is 0 Å². The van der Waals surface area contributed by atoms with Crippen molar-refractivity contribution in [3.63, 3.8) is 0 Å². The molecule has 0 radical (unpaired) electrons. The summed E-state index contributed by atoms with van der Waals surface area (Å²) >= 11 is 1.31. The van der Waals surface area contributed by atoms with E-state index in [1.165, 1.54) is 37.5 Å². The predicted molar refractivity (Wildman–Crippen MR) is 74.3 cm³/mol. The maximum absolute atomic E-state index is 5.44. The van der Waals surface area contributed by atoms with Crippen molar-refractivity contribution < 1.29 is 0 Å². The number of rotatable bonds is 5. The Morgan fingerprint density at radius 1 is 1.50 bits per heavy atom. The molecule has 1 aromatic heterocycles. The molecule has 1 saturated heterocycles. The van der Waals surface area contributed by atoms with Crippen molar-refractivity contribution in [3.05, 3.63) is 5.69 Å². The molecule has 2 heterocycles.